The number of pyridine rings is 1. The topological polar surface area (TPSA) is 76.3 Å². The van der Waals surface area contributed by atoms with Crippen LogP contribution in [0.1, 0.15) is 80.8 Å². The fourth-order valence-electron chi connectivity index (χ4n) is 4.26. The highest BCUT2D eigenvalue weighted by atomic mass is 16.2. The standard InChI is InChI=1S/C31H43N3O2/c1-2-3-4-5-6-7-8-9-10-11-12-13-14-15-16-17-18-21-29(35)34-24-22-27(26-34)25-28-20-19-23-33-30(28)31(32)36/h3-4,6-7,9-10,12-13,15-16,19-20,23,27H,2,5,8,11,14,17-18,21-22,24-26H2,1H3,(H2,32,36)/b4-3-,7-6-,10-9-,13-12-,16-15-/t27-/m1/s1. The van der Waals surface area contributed by atoms with Gasteiger partial charge < -0.3 is 10.6 Å². The Bertz CT molecular complexity index is 943. The van der Waals surface area contributed by atoms with Crippen molar-refractivity contribution in [3.05, 3.63) is 90.3 Å². The van der Waals surface area contributed by atoms with Crippen LogP contribution in [0.2, 0.25) is 0 Å². The van der Waals surface area contributed by atoms with E-state index in [-0.39, 0.29) is 5.91 Å². The first-order valence-electron chi connectivity index (χ1n) is 13.4. The number of nitrogens with two attached hydrogens (primary N) is 1. The summed E-state index contributed by atoms with van der Waals surface area (Å²) in [4.78, 5) is 30.2. The summed E-state index contributed by atoms with van der Waals surface area (Å²) in [5, 5.41) is 0. The van der Waals surface area contributed by atoms with Crippen molar-refractivity contribution >= 4 is 11.8 Å². The van der Waals surface area contributed by atoms with Crippen molar-refractivity contribution in [1.82, 2.24) is 9.88 Å². The van der Waals surface area contributed by atoms with E-state index in [1.807, 2.05) is 17.0 Å². The first-order valence-corrected chi connectivity index (χ1v) is 13.4. The van der Waals surface area contributed by atoms with Crippen LogP contribution in [-0.4, -0.2) is 34.8 Å². The Morgan fingerprint density at radius 2 is 1.58 bits per heavy atom. The van der Waals surface area contributed by atoms with E-state index in [4.69, 9.17) is 5.73 Å². The van der Waals surface area contributed by atoms with E-state index in [9.17, 15) is 9.59 Å². The van der Waals surface area contributed by atoms with Crippen molar-refractivity contribution in [1.29, 1.82) is 0 Å². The molecule has 0 bridgehead atoms. The molecule has 0 aliphatic carbocycles. The Morgan fingerprint density at radius 1 is 0.972 bits per heavy atom. The number of rotatable bonds is 16. The molecule has 2 N–H and O–H groups in total. The molecule has 1 saturated heterocycles. The van der Waals surface area contributed by atoms with Crippen LogP contribution in [-0.2, 0) is 11.2 Å². The summed E-state index contributed by atoms with van der Waals surface area (Å²) in [5.74, 6) is 0.0833. The Labute approximate surface area is 217 Å². The molecule has 194 valence electrons. The van der Waals surface area contributed by atoms with E-state index in [1.165, 1.54) is 0 Å². The molecule has 5 nitrogen and oxygen atoms in total. The Morgan fingerprint density at radius 3 is 2.19 bits per heavy atom. The predicted octanol–water partition coefficient (Wildman–Crippen LogP) is 6.49. The predicted molar refractivity (Wildman–Crippen MR) is 149 cm³/mol. The van der Waals surface area contributed by atoms with E-state index in [0.717, 1.165) is 76.4 Å². The van der Waals surface area contributed by atoms with Crippen molar-refractivity contribution in [2.24, 2.45) is 11.7 Å². The number of allylic oxidation sites excluding steroid dienone is 10. The molecule has 1 atom stereocenters. The van der Waals surface area contributed by atoms with Crippen molar-refractivity contribution in [3.8, 4) is 0 Å². The molecule has 1 aromatic heterocycles. The summed E-state index contributed by atoms with van der Waals surface area (Å²) in [6.07, 6.45) is 32.6. The monoisotopic (exact) mass is 489 g/mol. The first kappa shape index (κ1) is 29.0. The number of unbranched alkanes of at least 4 members (excludes halogenated alkanes) is 1. The summed E-state index contributed by atoms with van der Waals surface area (Å²) in [5.41, 5.74) is 6.66. The number of aromatic nitrogens is 1. The van der Waals surface area contributed by atoms with E-state index in [2.05, 4.69) is 72.7 Å². The second-order valence-corrected chi connectivity index (χ2v) is 9.17. The molecule has 1 fully saturated rings. The minimum Gasteiger partial charge on any atom is -0.364 e. The smallest absolute Gasteiger partial charge is 0.267 e. The largest absolute Gasteiger partial charge is 0.364 e. The third-order valence-electron chi connectivity index (χ3n) is 6.19. The molecule has 0 spiro atoms. The normalized spacial score (nSPS) is 16.6. The molecule has 1 aliphatic rings. The third-order valence-corrected chi connectivity index (χ3v) is 6.19. The third kappa shape index (κ3) is 12.0. The average Bonchev–Trinajstić information content (AvgIpc) is 3.34. The molecule has 2 heterocycles. The number of hydrogen-bond donors (Lipinski definition) is 1. The molecule has 0 saturated carbocycles. The summed E-state index contributed by atoms with van der Waals surface area (Å²) in [7, 11) is 0. The van der Waals surface area contributed by atoms with Gasteiger partial charge in [-0.15, -0.1) is 0 Å². The van der Waals surface area contributed by atoms with Crippen LogP contribution in [0.25, 0.3) is 0 Å². The van der Waals surface area contributed by atoms with Gasteiger partial charge in [0.1, 0.15) is 5.69 Å². The maximum absolute atomic E-state index is 12.6. The molecule has 0 aromatic carbocycles. The van der Waals surface area contributed by atoms with Gasteiger partial charge in [0.2, 0.25) is 5.91 Å². The van der Waals surface area contributed by atoms with Gasteiger partial charge in [-0.2, -0.15) is 0 Å². The maximum atomic E-state index is 12.6. The van der Waals surface area contributed by atoms with E-state index in [1.54, 1.807) is 6.20 Å². The van der Waals surface area contributed by atoms with Gasteiger partial charge in [-0.3, -0.25) is 14.6 Å². The molecule has 0 radical (unpaired) electrons. The summed E-state index contributed by atoms with van der Waals surface area (Å²) >= 11 is 0. The molecule has 1 aromatic rings. The van der Waals surface area contributed by atoms with Crippen LogP contribution >= 0.6 is 0 Å². The lowest BCUT2D eigenvalue weighted by Crippen LogP contribution is -2.28. The number of nitrogens with zero attached hydrogens (tertiary/aromatic N) is 2. The summed E-state index contributed by atoms with van der Waals surface area (Å²) in [6.45, 7) is 3.68. The van der Waals surface area contributed by atoms with E-state index in [0.29, 0.717) is 18.0 Å². The highest BCUT2D eigenvalue weighted by Crippen LogP contribution is 2.23. The molecule has 5 heteroatoms. The lowest BCUT2D eigenvalue weighted by Gasteiger charge is -2.17. The fourth-order valence-corrected chi connectivity index (χ4v) is 4.26. The van der Waals surface area contributed by atoms with Crippen molar-refractivity contribution in [2.45, 2.75) is 71.1 Å². The second-order valence-electron chi connectivity index (χ2n) is 9.17. The van der Waals surface area contributed by atoms with Gasteiger partial charge in [0.05, 0.1) is 0 Å². The molecule has 2 amide bonds. The molecule has 2 rings (SSSR count). The van der Waals surface area contributed by atoms with Gasteiger partial charge >= 0.3 is 0 Å². The quantitative estimate of drug-likeness (QED) is 0.213. The summed E-state index contributed by atoms with van der Waals surface area (Å²) < 4.78 is 0. The van der Waals surface area contributed by atoms with E-state index >= 15 is 0 Å². The van der Waals surface area contributed by atoms with Crippen molar-refractivity contribution in [3.63, 3.8) is 0 Å². The highest BCUT2D eigenvalue weighted by Gasteiger charge is 2.27. The van der Waals surface area contributed by atoms with Gasteiger partial charge in [0, 0.05) is 25.7 Å². The van der Waals surface area contributed by atoms with Crippen LogP contribution in [0.4, 0.5) is 0 Å². The minimum atomic E-state index is -0.494. The van der Waals surface area contributed by atoms with Crippen LogP contribution in [0.3, 0.4) is 0 Å². The molecular formula is C31H43N3O2. The number of primary amides is 1. The maximum Gasteiger partial charge on any atom is 0.267 e. The lowest BCUT2D eigenvalue weighted by molar-refractivity contribution is -0.130. The Balaban J connectivity index is 1.53. The van der Waals surface area contributed by atoms with Crippen LogP contribution < -0.4 is 5.73 Å². The molecule has 1 aliphatic heterocycles. The molecular weight excluding hydrogens is 446 g/mol. The highest BCUT2D eigenvalue weighted by molar-refractivity contribution is 5.92. The van der Waals surface area contributed by atoms with Crippen LogP contribution in [0.15, 0.2) is 79.1 Å². The first-order chi connectivity index (χ1) is 17.6. The minimum absolute atomic E-state index is 0.228. The Hall–Kier alpha value is -3.21. The summed E-state index contributed by atoms with van der Waals surface area (Å²) in [6, 6.07) is 3.73. The van der Waals surface area contributed by atoms with Gasteiger partial charge in [-0.1, -0.05) is 73.8 Å². The zero-order valence-electron chi connectivity index (χ0n) is 21.9. The zero-order chi connectivity index (χ0) is 25.8. The number of hydrogen-bond acceptors (Lipinski definition) is 3. The fraction of sp³-hybridized carbons (Fsp3) is 0.452. The van der Waals surface area contributed by atoms with Crippen molar-refractivity contribution < 1.29 is 9.59 Å². The van der Waals surface area contributed by atoms with Gasteiger partial charge in [0.15, 0.2) is 0 Å². The van der Waals surface area contributed by atoms with Gasteiger partial charge in [-0.25, -0.2) is 0 Å². The molecule has 36 heavy (non-hydrogen) atoms. The lowest BCUT2D eigenvalue weighted by atomic mass is 9.97. The number of carbonyl (C=O) groups excluding carboxylic acids is 2. The van der Waals surface area contributed by atoms with Gasteiger partial charge in [-0.05, 0) is 75.3 Å². The SMILES string of the molecule is CC/C=C\C/C=C\C/C=C\C/C=C\C/C=C\CCCC(=O)N1CC[C@H](Cc2cccnc2C(N)=O)C1. The van der Waals surface area contributed by atoms with Crippen LogP contribution in [0.5, 0.6) is 0 Å². The average molecular weight is 490 g/mol. The van der Waals surface area contributed by atoms with Crippen LogP contribution in [0, 0.1) is 5.92 Å². The number of amides is 2. The van der Waals surface area contributed by atoms with Gasteiger partial charge in [0.25, 0.3) is 5.91 Å². The zero-order valence-corrected chi connectivity index (χ0v) is 21.9. The number of likely N-dealkylation sites (tertiary alicyclic amines) is 1. The number of carbonyl (C=O) groups is 2. The second kappa shape index (κ2) is 18.1. The molecule has 0 unspecified atom stereocenters. The van der Waals surface area contributed by atoms with Crippen molar-refractivity contribution in [2.75, 3.05) is 13.1 Å². The van der Waals surface area contributed by atoms with E-state index < -0.39 is 5.91 Å². The Kier molecular flexibility index (Phi) is 14.6.